The molecule has 156 valence electrons. The second kappa shape index (κ2) is 9.13. The molecule has 29 heavy (non-hydrogen) atoms. The molecule has 0 heterocycles. The number of rotatable bonds is 8. The summed E-state index contributed by atoms with van der Waals surface area (Å²) < 4.78 is 47.9. The molecule has 2 aromatic rings. The van der Waals surface area contributed by atoms with Gasteiger partial charge < -0.3 is 9.68 Å². The lowest BCUT2D eigenvalue weighted by Gasteiger charge is -2.08. The smallest absolute Gasteiger partial charge is 0.337 e. The summed E-state index contributed by atoms with van der Waals surface area (Å²) in [6, 6.07) is 11.4. The molecule has 2 aromatic carbocycles. The molecule has 0 aliphatic heterocycles. The molecule has 0 saturated heterocycles. The first kappa shape index (κ1) is 22.5. The van der Waals surface area contributed by atoms with E-state index in [1.165, 1.54) is 24.3 Å². The Kier molecular flexibility index (Phi) is 7.08. The lowest BCUT2D eigenvalue weighted by atomic mass is 10.2. The molecule has 0 amide bonds. The van der Waals surface area contributed by atoms with Gasteiger partial charge in [-0.2, -0.15) is 0 Å². The Labute approximate surface area is 167 Å². The summed E-state index contributed by atoms with van der Waals surface area (Å²) in [7, 11) is -8.28. The average molecular weight is 442 g/mol. The number of carbonyl (C=O) groups is 2. The molecule has 0 radical (unpaired) electrons. The number of aryl methyl sites for hydroxylation is 2. The molecule has 0 spiro atoms. The summed E-state index contributed by atoms with van der Waals surface area (Å²) in [5.74, 6) is -2.58. The summed E-state index contributed by atoms with van der Waals surface area (Å²) in [5.41, 5.74) is 1.66. The molecule has 0 aliphatic rings. The van der Waals surface area contributed by atoms with Crippen LogP contribution in [0.1, 0.15) is 17.5 Å². The zero-order chi connectivity index (χ0) is 21.7. The lowest BCUT2D eigenvalue weighted by molar-refractivity contribution is -0.158. The Hall–Kier alpha value is -2.80. The highest BCUT2D eigenvalue weighted by Gasteiger charge is 2.21. The second-order valence-electron chi connectivity index (χ2n) is 5.92. The van der Waals surface area contributed by atoms with Crippen molar-refractivity contribution in [2.45, 2.75) is 30.1 Å². The standard InChI is InChI=1S/C17H18N2O8S2/c1-12-3-7-14(8-4-12)28(22,23)18-26-16(20)11-17(21)27-19-29(24,25)15-9-5-13(2)6-10-15/h3-10,18-19H,11H2,1-2H3. The number of nitrogens with one attached hydrogen (secondary N) is 2. The van der Waals surface area contributed by atoms with Crippen molar-refractivity contribution >= 4 is 32.0 Å². The third-order valence-corrected chi connectivity index (χ3v) is 5.87. The van der Waals surface area contributed by atoms with Crippen LogP contribution in [0.25, 0.3) is 0 Å². The van der Waals surface area contributed by atoms with Gasteiger partial charge in [0.1, 0.15) is 6.42 Å². The molecule has 0 saturated carbocycles. The van der Waals surface area contributed by atoms with Gasteiger partial charge in [-0.15, -0.1) is 0 Å². The number of benzene rings is 2. The third kappa shape index (κ3) is 6.64. The van der Waals surface area contributed by atoms with E-state index < -0.39 is 38.4 Å². The van der Waals surface area contributed by atoms with Crippen molar-refractivity contribution in [1.29, 1.82) is 0 Å². The van der Waals surface area contributed by atoms with Crippen LogP contribution < -0.4 is 9.77 Å². The molecule has 0 unspecified atom stereocenters. The quantitative estimate of drug-likeness (QED) is 0.452. The molecule has 0 aliphatic carbocycles. The Balaban J connectivity index is 1.85. The SMILES string of the molecule is Cc1ccc(S(=O)(=O)NOC(=O)CC(=O)ONS(=O)(=O)c2ccc(C)cc2)cc1. The fourth-order valence-electron chi connectivity index (χ4n) is 1.92. The van der Waals surface area contributed by atoms with E-state index in [9.17, 15) is 26.4 Å². The Bertz CT molecular complexity index is 1000. The van der Waals surface area contributed by atoms with Crippen LogP contribution in [0.15, 0.2) is 58.3 Å². The Morgan fingerprint density at radius 1 is 0.690 bits per heavy atom. The number of carbonyl (C=O) groups excluding carboxylic acids is 2. The van der Waals surface area contributed by atoms with Gasteiger partial charge >= 0.3 is 11.9 Å². The molecule has 2 N–H and O–H groups in total. The summed E-state index contributed by atoms with van der Waals surface area (Å²) >= 11 is 0. The van der Waals surface area contributed by atoms with E-state index in [1.54, 1.807) is 47.9 Å². The molecule has 10 nitrogen and oxygen atoms in total. The summed E-state index contributed by atoms with van der Waals surface area (Å²) in [6.07, 6.45) is -1.03. The van der Waals surface area contributed by atoms with E-state index in [0.717, 1.165) is 11.1 Å². The van der Waals surface area contributed by atoms with Crippen molar-refractivity contribution in [2.24, 2.45) is 0 Å². The van der Waals surface area contributed by atoms with Crippen LogP contribution in [-0.4, -0.2) is 28.8 Å². The van der Waals surface area contributed by atoms with Gasteiger partial charge in [-0.1, -0.05) is 35.4 Å². The van der Waals surface area contributed by atoms with Crippen LogP contribution in [0.4, 0.5) is 0 Å². The first-order valence-corrected chi connectivity index (χ1v) is 11.0. The van der Waals surface area contributed by atoms with E-state index in [2.05, 4.69) is 9.68 Å². The van der Waals surface area contributed by atoms with E-state index in [0.29, 0.717) is 0 Å². The van der Waals surface area contributed by atoms with Gasteiger partial charge in [0.2, 0.25) is 0 Å². The average Bonchev–Trinajstić information content (AvgIpc) is 2.66. The Morgan fingerprint density at radius 2 is 1.00 bits per heavy atom. The summed E-state index contributed by atoms with van der Waals surface area (Å²) in [4.78, 5) is 34.7. The van der Waals surface area contributed by atoms with Gasteiger partial charge in [-0.25, -0.2) is 26.4 Å². The van der Waals surface area contributed by atoms with Crippen LogP contribution in [0.5, 0.6) is 0 Å². The van der Waals surface area contributed by atoms with Crippen LogP contribution in [0, 0.1) is 13.8 Å². The summed E-state index contributed by atoms with van der Waals surface area (Å²) in [6.45, 7) is 3.53. The van der Waals surface area contributed by atoms with Crippen LogP contribution >= 0.6 is 0 Å². The van der Waals surface area contributed by atoms with E-state index in [-0.39, 0.29) is 9.79 Å². The normalized spacial score (nSPS) is 11.7. The number of hydrogen-bond donors (Lipinski definition) is 2. The van der Waals surface area contributed by atoms with E-state index in [1.807, 2.05) is 0 Å². The van der Waals surface area contributed by atoms with Gasteiger partial charge in [-0.05, 0) is 47.9 Å². The van der Waals surface area contributed by atoms with Crippen LogP contribution in [0.3, 0.4) is 0 Å². The molecule has 0 atom stereocenters. The van der Waals surface area contributed by atoms with Gasteiger partial charge in [0.05, 0.1) is 9.79 Å². The monoisotopic (exact) mass is 442 g/mol. The Morgan fingerprint density at radius 3 is 1.31 bits per heavy atom. The molecule has 2 rings (SSSR count). The van der Waals surface area contributed by atoms with Gasteiger partial charge in [0, 0.05) is 0 Å². The maximum atomic E-state index is 12.0. The highest BCUT2D eigenvalue weighted by molar-refractivity contribution is 7.89. The van der Waals surface area contributed by atoms with E-state index in [4.69, 9.17) is 0 Å². The van der Waals surface area contributed by atoms with Crippen molar-refractivity contribution in [3.63, 3.8) is 0 Å². The van der Waals surface area contributed by atoms with E-state index >= 15 is 0 Å². The van der Waals surface area contributed by atoms with Gasteiger partial charge in [-0.3, -0.25) is 0 Å². The fraction of sp³-hybridized carbons (Fsp3) is 0.176. The molecular formula is C17H18N2O8S2. The first-order chi connectivity index (χ1) is 13.5. The van der Waals surface area contributed by atoms with Crippen molar-refractivity contribution in [3.05, 3.63) is 59.7 Å². The predicted molar refractivity (Wildman–Crippen MR) is 99.8 cm³/mol. The largest absolute Gasteiger partial charge is 0.355 e. The van der Waals surface area contributed by atoms with Crippen LogP contribution in [0.2, 0.25) is 0 Å². The molecule has 0 aromatic heterocycles. The highest BCUT2D eigenvalue weighted by Crippen LogP contribution is 2.11. The van der Waals surface area contributed by atoms with Crippen molar-refractivity contribution < 1.29 is 36.1 Å². The number of sulfonamides is 2. The minimum Gasteiger partial charge on any atom is -0.355 e. The fourth-order valence-corrected chi connectivity index (χ4v) is 3.51. The van der Waals surface area contributed by atoms with Gasteiger partial charge in [0.15, 0.2) is 0 Å². The van der Waals surface area contributed by atoms with Crippen LogP contribution in [-0.2, 0) is 39.3 Å². The first-order valence-electron chi connectivity index (χ1n) is 8.06. The highest BCUT2D eigenvalue weighted by atomic mass is 32.2. The van der Waals surface area contributed by atoms with Crippen molar-refractivity contribution in [2.75, 3.05) is 0 Å². The zero-order valence-corrected chi connectivity index (χ0v) is 17.0. The van der Waals surface area contributed by atoms with Crippen molar-refractivity contribution in [1.82, 2.24) is 9.77 Å². The van der Waals surface area contributed by atoms with Gasteiger partial charge in [0.25, 0.3) is 20.0 Å². The topological polar surface area (TPSA) is 145 Å². The minimum absolute atomic E-state index is 0.149. The minimum atomic E-state index is -4.14. The molecule has 0 fully saturated rings. The second-order valence-corrected chi connectivity index (χ2v) is 9.21. The lowest BCUT2D eigenvalue weighted by Crippen LogP contribution is -2.31. The maximum Gasteiger partial charge on any atom is 0.337 e. The molecule has 0 bridgehead atoms. The molecule has 12 heteroatoms. The number of hydrogen-bond acceptors (Lipinski definition) is 8. The zero-order valence-electron chi connectivity index (χ0n) is 15.4. The molecular weight excluding hydrogens is 424 g/mol. The third-order valence-electron chi connectivity index (χ3n) is 3.48. The van der Waals surface area contributed by atoms with Crippen molar-refractivity contribution in [3.8, 4) is 0 Å². The maximum absolute atomic E-state index is 12.0. The predicted octanol–water partition coefficient (Wildman–Crippen LogP) is 0.867. The summed E-state index contributed by atoms with van der Waals surface area (Å²) in [5, 5.41) is 0.